The van der Waals surface area contributed by atoms with Gasteiger partial charge >= 0.3 is 0 Å². The molecule has 1 unspecified atom stereocenters. The number of nitrogens with zero attached hydrogens (tertiary/aromatic N) is 3. The predicted molar refractivity (Wildman–Crippen MR) is 102 cm³/mol. The third-order valence-electron chi connectivity index (χ3n) is 4.64. The summed E-state index contributed by atoms with van der Waals surface area (Å²) in [5.74, 6) is 0.328. The van der Waals surface area contributed by atoms with Crippen molar-refractivity contribution in [2.75, 3.05) is 19.9 Å². The van der Waals surface area contributed by atoms with Gasteiger partial charge in [-0.15, -0.1) is 0 Å². The first-order chi connectivity index (χ1) is 12.3. The third-order valence-corrected chi connectivity index (χ3v) is 7.14. The van der Waals surface area contributed by atoms with E-state index in [-0.39, 0.29) is 0 Å². The Labute approximate surface area is 157 Å². The van der Waals surface area contributed by atoms with Crippen molar-refractivity contribution in [3.63, 3.8) is 0 Å². The number of hydrogen-bond acceptors (Lipinski definition) is 5. The summed E-state index contributed by atoms with van der Waals surface area (Å²) in [7, 11) is -1.80. The molecule has 0 N–H and O–H groups in total. The van der Waals surface area contributed by atoms with Gasteiger partial charge in [0.05, 0.1) is 18.1 Å². The van der Waals surface area contributed by atoms with Gasteiger partial charge in [0.1, 0.15) is 17.3 Å². The SMILES string of the molecule is CCn1c(=NC(=O)C2CCCN2S(C)(=O)=O)sc2c(C)ccc(OC)c21. The van der Waals surface area contributed by atoms with Crippen molar-refractivity contribution < 1.29 is 17.9 Å². The highest BCUT2D eigenvalue weighted by molar-refractivity contribution is 7.88. The van der Waals surface area contributed by atoms with Gasteiger partial charge in [-0.05, 0) is 38.3 Å². The number of sulfonamides is 1. The zero-order valence-corrected chi connectivity index (χ0v) is 17.0. The van der Waals surface area contributed by atoms with Crippen molar-refractivity contribution in [2.24, 2.45) is 4.99 Å². The minimum absolute atomic E-state index is 0.373. The van der Waals surface area contributed by atoms with Crippen LogP contribution in [0, 0.1) is 6.92 Å². The van der Waals surface area contributed by atoms with E-state index in [4.69, 9.17) is 4.74 Å². The van der Waals surface area contributed by atoms with Crippen LogP contribution in [-0.4, -0.2) is 49.1 Å². The first kappa shape index (κ1) is 19.1. The van der Waals surface area contributed by atoms with Gasteiger partial charge in [-0.2, -0.15) is 9.30 Å². The second kappa shape index (κ2) is 7.13. The number of rotatable bonds is 4. The van der Waals surface area contributed by atoms with Crippen LogP contribution in [0.3, 0.4) is 0 Å². The normalized spacial score (nSPS) is 19.4. The Morgan fingerprint density at radius 3 is 2.77 bits per heavy atom. The highest BCUT2D eigenvalue weighted by atomic mass is 32.2. The summed E-state index contributed by atoms with van der Waals surface area (Å²) in [6.07, 6.45) is 2.32. The molecule has 1 aromatic heterocycles. The number of aryl methyl sites for hydroxylation is 2. The molecule has 1 aliphatic rings. The fraction of sp³-hybridized carbons (Fsp3) is 0.529. The number of carbonyl (C=O) groups excluding carboxylic acids is 1. The lowest BCUT2D eigenvalue weighted by Crippen LogP contribution is -2.39. The number of thiazole rings is 1. The maximum atomic E-state index is 12.7. The Hall–Kier alpha value is -1.71. The Balaban J connectivity index is 2.13. The maximum Gasteiger partial charge on any atom is 0.266 e. The molecule has 9 heteroatoms. The maximum absolute atomic E-state index is 12.7. The Bertz CT molecular complexity index is 1020. The zero-order valence-electron chi connectivity index (χ0n) is 15.4. The lowest BCUT2D eigenvalue weighted by molar-refractivity contribution is -0.121. The smallest absolute Gasteiger partial charge is 0.266 e. The minimum atomic E-state index is -3.42. The molecule has 26 heavy (non-hydrogen) atoms. The van der Waals surface area contributed by atoms with Gasteiger partial charge < -0.3 is 9.30 Å². The van der Waals surface area contributed by atoms with Gasteiger partial charge in [0.2, 0.25) is 10.0 Å². The summed E-state index contributed by atoms with van der Waals surface area (Å²) >= 11 is 1.43. The number of amides is 1. The second-order valence-electron chi connectivity index (χ2n) is 6.37. The largest absolute Gasteiger partial charge is 0.495 e. The fourth-order valence-electron chi connectivity index (χ4n) is 3.37. The van der Waals surface area contributed by atoms with Crippen molar-refractivity contribution in [3.05, 3.63) is 22.5 Å². The molecule has 2 aromatic rings. The van der Waals surface area contributed by atoms with E-state index in [2.05, 4.69) is 4.99 Å². The molecule has 1 saturated heterocycles. The van der Waals surface area contributed by atoms with Gasteiger partial charge in [0.25, 0.3) is 5.91 Å². The van der Waals surface area contributed by atoms with E-state index in [9.17, 15) is 13.2 Å². The standard InChI is InChI=1S/C17H23N3O4S2/c1-5-19-14-13(24-3)9-8-11(2)15(14)25-17(19)18-16(21)12-7-6-10-20(12)26(4,22)23/h8-9,12H,5-7,10H2,1-4H3. The van der Waals surface area contributed by atoms with E-state index in [1.807, 2.05) is 30.5 Å². The molecule has 0 saturated carbocycles. The van der Waals surface area contributed by atoms with Crippen molar-refractivity contribution in [2.45, 2.75) is 39.3 Å². The molecule has 0 bridgehead atoms. The van der Waals surface area contributed by atoms with Crippen LogP contribution < -0.4 is 9.54 Å². The van der Waals surface area contributed by atoms with Gasteiger partial charge in [0.15, 0.2) is 4.80 Å². The lowest BCUT2D eigenvalue weighted by atomic mass is 10.2. The topological polar surface area (TPSA) is 81.0 Å². The van der Waals surface area contributed by atoms with E-state index in [0.29, 0.717) is 30.7 Å². The molecule has 1 aromatic carbocycles. The number of fused-ring (bicyclic) bond motifs is 1. The van der Waals surface area contributed by atoms with Crippen LogP contribution in [0.1, 0.15) is 25.3 Å². The van der Waals surface area contributed by atoms with E-state index in [1.54, 1.807) is 7.11 Å². The molecule has 142 valence electrons. The first-order valence-electron chi connectivity index (χ1n) is 8.50. The average Bonchev–Trinajstić information content (AvgIpc) is 3.20. The number of methoxy groups -OCH3 is 1. The van der Waals surface area contributed by atoms with Crippen molar-refractivity contribution in [1.29, 1.82) is 0 Å². The van der Waals surface area contributed by atoms with E-state index in [1.165, 1.54) is 15.6 Å². The Morgan fingerprint density at radius 1 is 1.42 bits per heavy atom. The number of ether oxygens (including phenoxy) is 1. The third kappa shape index (κ3) is 3.30. The number of carbonyl (C=O) groups is 1. The van der Waals surface area contributed by atoms with Gasteiger partial charge in [-0.1, -0.05) is 17.4 Å². The van der Waals surface area contributed by atoms with Gasteiger partial charge in [-0.25, -0.2) is 8.42 Å². The van der Waals surface area contributed by atoms with Crippen molar-refractivity contribution >= 4 is 37.5 Å². The van der Waals surface area contributed by atoms with Crippen molar-refractivity contribution in [3.8, 4) is 5.75 Å². The molecule has 0 spiro atoms. The van der Waals surface area contributed by atoms with E-state index < -0.39 is 22.0 Å². The molecular formula is C17H23N3O4S2. The summed E-state index contributed by atoms with van der Waals surface area (Å²) in [5, 5.41) is 0. The summed E-state index contributed by atoms with van der Waals surface area (Å²) < 4.78 is 33.5. The number of hydrogen-bond donors (Lipinski definition) is 0. The molecule has 2 heterocycles. The van der Waals surface area contributed by atoms with Crippen LogP contribution in [0.2, 0.25) is 0 Å². The highest BCUT2D eigenvalue weighted by Crippen LogP contribution is 2.30. The van der Waals surface area contributed by atoms with Gasteiger partial charge in [-0.3, -0.25) is 4.79 Å². The molecule has 1 atom stereocenters. The summed E-state index contributed by atoms with van der Waals surface area (Å²) in [6.45, 7) is 4.99. The molecule has 3 rings (SSSR count). The van der Waals surface area contributed by atoms with Crippen LogP contribution in [0.15, 0.2) is 17.1 Å². The fourth-order valence-corrected chi connectivity index (χ4v) is 5.68. The van der Waals surface area contributed by atoms with Crippen LogP contribution in [-0.2, 0) is 21.4 Å². The van der Waals surface area contributed by atoms with Crippen molar-refractivity contribution in [1.82, 2.24) is 8.87 Å². The van der Waals surface area contributed by atoms with Crippen LogP contribution >= 0.6 is 11.3 Å². The predicted octanol–water partition coefficient (Wildman–Crippen LogP) is 1.89. The molecular weight excluding hydrogens is 374 g/mol. The Morgan fingerprint density at radius 2 is 2.15 bits per heavy atom. The summed E-state index contributed by atoms with van der Waals surface area (Å²) in [5.41, 5.74) is 2.00. The molecule has 0 radical (unpaired) electrons. The Kier molecular flexibility index (Phi) is 5.23. The lowest BCUT2D eigenvalue weighted by Gasteiger charge is -2.18. The molecule has 1 aliphatic heterocycles. The zero-order chi connectivity index (χ0) is 19.1. The highest BCUT2D eigenvalue weighted by Gasteiger charge is 2.36. The summed E-state index contributed by atoms with van der Waals surface area (Å²) in [4.78, 5) is 17.6. The minimum Gasteiger partial charge on any atom is -0.495 e. The number of benzene rings is 1. The monoisotopic (exact) mass is 397 g/mol. The molecule has 0 aliphatic carbocycles. The van der Waals surface area contributed by atoms with E-state index >= 15 is 0 Å². The molecule has 7 nitrogen and oxygen atoms in total. The average molecular weight is 398 g/mol. The molecule has 1 amide bonds. The van der Waals surface area contributed by atoms with Gasteiger partial charge in [0, 0.05) is 13.1 Å². The van der Waals surface area contributed by atoms with E-state index in [0.717, 1.165) is 27.8 Å². The second-order valence-corrected chi connectivity index (χ2v) is 9.29. The summed E-state index contributed by atoms with van der Waals surface area (Å²) in [6, 6.07) is 3.18. The van der Waals surface area contributed by atoms with Crippen LogP contribution in [0.4, 0.5) is 0 Å². The van der Waals surface area contributed by atoms with Crippen LogP contribution in [0.5, 0.6) is 5.75 Å². The first-order valence-corrected chi connectivity index (χ1v) is 11.2. The quantitative estimate of drug-likeness (QED) is 0.789. The molecule has 1 fully saturated rings. The number of aromatic nitrogens is 1. The van der Waals surface area contributed by atoms with Crippen LogP contribution in [0.25, 0.3) is 10.2 Å².